The second-order valence-corrected chi connectivity index (χ2v) is 6.14. The largest absolute Gasteiger partial charge is 0.497 e. The van der Waals surface area contributed by atoms with Crippen LogP contribution in [0.1, 0.15) is 22.3 Å². The molecule has 0 aliphatic heterocycles. The highest BCUT2D eigenvalue weighted by molar-refractivity contribution is 5.85. The van der Waals surface area contributed by atoms with Gasteiger partial charge in [0.15, 0.2) is 0 Å². The number of fused-ring (bicyclic) bond motifs is 1. The van der Waals surface area contributed by atoms with E-state index in [4.69, 9.17) is 9.47 Å². The van der Waals surface area contributed by atoms with E-state index < -0.39 is 0 Å². The fourth-order valence-electron chi connectivity index (χ4n) is 3.18. The summed E-state index contributed by atoms with van der Waals surface area (Å²) in [6.45, 7) is 0.586. The standard InChI is InChI=1S/C23H20O2/c1-24-21-13-9-19-10-14-22(23(19)15-21)18-7-11-20(12-8-18)25-16-17-5-3-2-4-6-17/h2-9,11-15H,10,16H2,1H3. The average Bonchev–Trinajstić information content (AvgIpc) is 3.10. The van der Waals surface area contributed by atoms with Gasteiger partial charge in [-0.25, -0.2) is 0 Å². The number of hydrogen-bond acceptors (Lipinski definition) is 2. The predicted molar refractivity (Wildman–Crippen MR) is 101 cm³/mol. The zero-order chi connectivity index (χ0) is 17.1. The molecule has 0 spiro atoms. The lowest BCUT2D eigenvalue weighted by atomic mass is 9.99. The van der Waals surface area contributed by atoms with Crippen molar-refractivity contribution in [2.24, 2.45) is 0 Å². The third-order valence-electron chi connectivity index (χ3n) is 4.55. The molecule has 4 rings (SSSR count). The summed E-state index contributed by atoms with van der Waals surface area (Å²) in [5, 5.41) is 0. The highest BCUT2D eigenvalue weighted by atomic mass is 16.5. The Labute approximate surface area is 148 Å². The molecule has 3 aromatic carbocycles. The molecular weight excluding hydrogens is 308 g/mol. The van der Waals surface area contributed by atoms with Gasteiger partial charge in [-0.15, -0.1) is 0 Å². The number of hydrogen-bond donors (Lipinski definition) is 0. The molecule has 0 aromatic heterocycles. The highest BCUT2D eigenvalue weighted by Crippen LogP contribution is 2.35. The average molecular weight is 328 g/mol. The van der Waals surface area contributed by atoms with E-state index >= 15 is 0 Å². The highest BCUT2D eigenvalue weighted by Gasteiger charge is 2.16. The second-order valence-electron chi connectivity index (χ2n) is 6.14. The summed E-state index contributed by atoms with van der Waals surface area (Å²) in [5.41, 5.74) is 6.26. The smallest absolute Gasteiger partial charge is 0.119 e. The summed E-state index contributed by atoms with van der Waals surface area (Å²) in [4.78, 5) is 0. The minimum absolute atomic E-state index is 0.586. The third kappa shape index (κ3) is 3.29. The lowest BCUT2D eigenvalue weighted by Gasteiger charge is -2.10. The molecule has 0 heterocycles. The Hall–Kier alpha value is -3.00. The molecule has 2 nitrogen and oxygen atoms in total. The molecule has 1 aliphatic carbocycles. The topological polar surface area (TPSA) is 18.5 Å². The van der Waals surface area contributed by atoms with Crippen LogP contribution in [0.5, 0.6) is 11.5 Å². The van der Waals surface area contributed by atoms with E-state index in [-0.39, 0.29) is 0 Å². The summed E-state index contributed by atoms with van der Waals surface area (Å²) >= 11 is 0. The zero-order valence-corrected chi connectivity index (χ0v) is 14.2. The number of allylic oxidation sites excluding steroid dienone is 1. The first kappa shape index (κ1) is 15.5. The van der Waals surface area contributed by atoms with Crippen LogP contribution in [0.4, 0.5) is 0 Å². The summed E-state index contributed by atoms with van der Waals surface area (Å²) < 4.78 is 11.2. The van der Waals surface area contributed by atoms with Crippen LogP contribution in [0.3, 0.4) is 0 Å². The normalized spacial score (nSPS) is 12.4. The van der Waals surface area contributed by atoms with Gasteiger partial charge in [0.25, 0.3) is 0 Å². The van der Waals surface area contributed by atoms with Crippen LogP contribution in [0.15, 0.2) is 78.9 Å². The van der Waals surface area contributed by atoms with E-state index in [1.807, 2.05) is 36.4 Å². The molecule has 0 saturated carbocycles. The molecule has 0 fully saturated rings. The predicted octanol–water partition coefficient (Wildman–Crippen LogP) is 5.26. The van der Waals surface area contributed by atoms with Crippen LogP contribution >= 0.6 is 0 Å². The van der Waals surface area contributed by atoms with E-state index in [1.165, 1.54) is 27.8 Å². The van der Waals surface area contributed by atoms with Crippen molar-refractivity contribution in [2.45, 2.75) is 13.0 Å². The molecule has 0 radical (unpaired) electrons. The van der Waals surface area contributed by atoms with Crippen molar-refractivity contribution < 1.29 is 9.47 Å². The second kappa shape index (κ2) is 6.86. The van der Waals surface area contributed by atoms with Crippen LogP contribution in [-0.4, -0.2) is 7.11 Å². The van der Waals surface area contributed by atoms with Gasteiger partial charge in [-0.2, -0.15) is 0 Å². The van der Waals surface area contributed by atoms with Crippen molar-refractivity contribution in [3.05, 3.63) is 101 Å². The molecule has 3 aromatic rings. The van der Waals surface area contributed by atoms with Crippen LogP contribution in [0.2, 0.25) is 0 Å². The van der Waals surface area contributed by atoms with Gasteiger partial charge in [0.05, 0.1) is 7.11 Å². The molecule has 0 atom stereocenters. The van der Waals surface area contributed by atoms with Crippen LogP contribution < -0.4 is 9.47 Å². The Bertz CT molecular complexity index is 893. The Morgan fingerprint density at radius 2 is 1.60 bits per heavy atom. The number of benzene rings is 3. The lowest BCUT2D eigenvalue weighted by molar-refractivity contribution is 0.306. The van der Waals surface area contributed by atoms with Gasteiger partial charge in [-0.05, 0) is 58.5 Å². The van der Waals surface area contributed by atoms with Crippen molar-refractivity contribution in [2.75, 3.05) is 7.11 Å². The Morgan fingerprint density at radius 1 is 0.840 bits per heavy atom. The first-order chi connectivity index (χ1) is 12.3. The molecule has 124 valence electrons. The van der Waals surface area contributed by atoms with E-state index in [0.29, 0.717) is 6.61 Å². The van der Waals surface area contributed by atoms with Crippen molar-refractivity contribution in [3.8, 4) is 11.5 Å². The molecule has 0 N–H and O–H groups in total. The van der Waals surface area contributed by atoms with Crippen LogP contribution in [-0.2, 0) is 13.0 Å². The first-order valence-electron chi connectivity index (χ1n) is 8.48. The quantitative estimate of drug-likeness (QED) is 0.636. The molecule has 0 unspecified atom stereocenters. The fraction of sp³-hybridized carbons (Fsp3) is 0.130. The van der Waals surface area contributed by atoms with Crippen molar-refractivity contribution in [1.82, 2.24) is 0 Å². The SMILES string of the molecule is COc1ccc2c(c1)C(c1ccc(OCc3ccccc3)cc1)=CC2. The van der Waals surface area contributed by atoms with Gasteiger partial charge >= 0.3 is 0 Å². The maximum Gasteiger partial charge on any atom is 0.119 e. The maximum atomic E-state index is 5.88. The maximum absolute atomic E-state index is 5.88. The number of ether oxygens (including phenoxy) is 2. The lowest BCUT2D eigenvalue weighted by Crippen LogP contribution is -1.95. The molecule has 0 saturated heterocycles. The third-order valence-corrected chi connectivity index (χ3v) is 4.55. The number of methoxy groups -OCH3 is 1. The van der Waals surface area contributed by atoms with Crippen molar-refractivity contribution in [1.29, 1.82) is 0 Å². The van der Waals surface area contributed by atoms with Crippen LogP contribution in [0.25, 0.3) is 5.57 Å². The molecule has 0 bridgehead atoms. The summed E-state index contributed by atoms with van der Waals surface area (Å²) in [7, 11) is 1.71. The van der Waals surface area contributed by atoms with E-state index in [2.05, 4.69) is 42.5 Å². The minimum Gasteiger partial charge on any atom is -0.497 e. The fourth-order valence-corrected chi connectivity index (χ4v) is 3.18. The molecule has 1 aliphatic rings. The van der Waals surface area contributed by atoms with Crippen molar-refractivity contribution >= 4 is 5.57 Å². The van der Waals surface area contributed by atoms with Gasteiger partial charge in [0, 0.05) is 0 Å². The Kier molecular flexibility index (Phi) is 4.26. The molecule has 25 heavy (non-hydrogen) atoms. The monoisotopic (exact) mass is 328 g/mol. The summed E-state index contributed by atoms with van der Waals surface area (Å²) in [6.07, 6.45) is 3.25. The number of rotatable bonds is 5. The molecular formula is C23H20O2. The van der Waals surface area contributed by atoms with Gasteiger partial charge in [-0.1, -0.05) is 54.6 Å². The van der Waals surface area contributed by atoms with Gasteiger partial charge < -0.3 is 9.47 Å². The zero-order valence-electron chi connectivity index (χ0n) is 14.2. The Balaban J connectivity index is 1.50. The van der Waals surface area contributed by atoms with Gasteiger partial charge in [0.1, 0.15) is 18.1 Å². The molecule has 2 heteroatoms. The minimum atomic E-state index is 0.586. The van der Waals surface area contributed by atoms with Gasteiger partial charge in [0.2, 0.25) is 0 Å². The van der Waals surface area contributed by atoms with E-state index in [0.717, 1.165) is 17.9 Å². The summed E-state index contributed by atoms with van der Waals surface area (Å²) in [6, 6.07) is 24.8. The van der Waals surface area contributed by atoms with E-state index in [9.17, 15) is 0 Å². The van der Waals surface area contributed by atoms with Gasteiger partial charge in [-0.3, -0.25) is 0 Å². The van der Waals surface area contributed by atoms with E-state index in [1.54, 1.807) is 7.11 Å². The first-order valence-corrected chi connectivity index (χ1v) is 8.48. The Morgan fingerprint density at radius 3 is 2.36 bits per heavy atom. The molecule has 0 amide bonds. The summed E-state index contributed by atoms with van der Waals surface area (Å²) in [5.74, 6) is 1.78. The van der Waals surface area contributed by atoms with Crippen molar-refractivity contribution in [3.63, 3.8) is 0 Å². The van der Waals surface area contributed by atoms with Crippen LogP contribution in [0, 0.1) is 0 Å².